The van der Waals surface area contributed by atoms with Crippen LogP contribution in [0.4, 0.5) is 11.5 Å². The van der Waals surface area contributed by atoms with Crippen molar-refractivity contribution in [1.82, 2.24) is 9.88 Å². The molecule has 2 N–H and O–H groups in total. The number of methoxy groups -OCH3 is 1. The molecular formula is C12H16N4O4. The molecule has 1 aromatic rings. The maximum Gasteiger partial charge on any atom is 0.300 e. The first kappa shape index (κ1) is 14.2. The first-order valence-electron chi connectivity index (χ1n) is 6.25. The summed E-state index contributed by atoms with van der Waals surface area (Å²) in [5.74, 6) is -0.300. The second kappa shape index (κ2) is 5.83. The predicted molar refractivity (Wildman–Crippen MR) is 71.2 cm³/mol. The van der Waals surface area contributed by atoms with Gasteiger partial charge in [0, 0.05) is 20.2 Å². The van der Waals surface area contributed by atoms with Gasteiger partial charge in [-0.25, -0.2) is 4.98 Å². The third kappa shape index (κ3) is 2.85. The highest BCUT2D eigenvalue weighted by Gasteiger charge is 2.28. The molecule has 1 aliphatic rings. The van der Waals surface area contributed by atoms with E-state index in [0.717, 1.165) is 19.0 Å². The Morgan fingerprint density at radius 3 is 2.75 bits per heavy atom. The van der Waals surface area contributed by atoms with Gasteiger partial charge in [0.05, 0.1) is 11.0 Å². The number of piperidine rings is 1. The van der Waals surface area contributed by atoms with E-state index in [1.165, 1.54) is 6.07 Å². The van der Waals surface area contributed by atoms with Crippen LogP contribution in [0.25, 0.3) is 0 Å². The fourth-order valence-corrected chi connectivity index (χ4v) is 2.25. The summed E-state index contributed by atoms with van der Waals surface area (Å²) in [6.07, 6.45) is 2.59. The normalized spacial score (nSPS) is 16.1. The van der Waals surface area contributed by atoms with Crippen molar-refractivity contribution in [3.05, 3.63) is 27.9 Å². The molecule has 0 bridgehead atoms. The number of nitro groups is 1. The number of nitrogens with two attached hydrogens (primary N) is 1. The Morgan fingerprint density at radius 1 is 1.55 bits per heavy atom. The van der Waals surface area contributed by atoms with Gasteiger partial charge < -0.3 is 15.4 Å². The second-order valence-electron chi connectivity index (χ2n) is 4.61. The Labute approximate surface area is 115 Å². The largest absolute Gasteiger partial charge is 0.384 e. The lowest BCUT2D eigenvalue weighted by molar-refractivity contribution is -0.385. The van der Waals surface area contributed by atoms with E-state index in [4.69, 9.17) is 10.5 Å². The third-order valence-electron chi connectivity index (χ3n) is 3.39. The highest BCUT2D eigenvalue weighted by Crippen LogP contribution is 2.23. The molecule has 0 saturated carbocycles. The molecule has 0 atom stereocenters. The molecule has 0 aromatic carbocycles. The molecule has 2 rings (SSSR count). The molecule has 0 unspecified atom stereocenters. The van der Waals surface area contributed by atoms with Crippen LogP contribution >= 0.6 is 0 Å². The third-order valence-corrected chi connectivity index (χ3v) is 3.39. The van der Waals surface area contributed by atoms with Crippen LogP contribution in [0.1, 0.15) is 23.2 Å². The zero-order chi connectivity index (χ0) is 14.7. The predicted octanol–water partition coefficient (Wildman–Crippen LogP) is 0.823. The number of carbonyl (C=O) groups excluding carboxylic acids is 1. The average Bonchev–Trinajstić information content (AvgIpc) is 2.46. The second-order valence-corrected chi connectivity index (χ2v) is 4.61. The summed E-state index contributed by atoms with van der Waals surface area (Å²) in [4.78, 5) is 27.9. The van der Waals surface area contributed by atoms with Crippen LogP contribution in [0.15, 0.2) is 12.3 Å². The number of aromatic nitrogens is 1. The van der Waals surface area contributed by atoms with E-state index in [-0.39, 0.29) is 29.1 Å². The summed E-state index contributed by atoms with van der Waals surface area (Å²) < 4.78 is 5.23. The molecule has 0 aliphatic carbocycles. The lowest BCUT2D eigenvalue weighted by Gasteiger charge is -2.31. The van der Waals surface area contributed by atoms with E-state index < -0.39 is 4.92 Å². The fourth-order valence-electron chi connectivity index (χ4n) is 2.25. The molecule has 1 saturated heterocycles. The zero-order valence-corrected chi connectivity index (χ0v) is 11.1. The summed E-state index contributed by atoms with van der Waals surface area (Å²) >= 11 is 0. The number of anilines is 1. The molecule has 1 aromatic heterocycles. The summed E-state index contributed by atoms with van der Waals surface area (Å²) in [6.45, 7) is 1.02. The Kier molecular flexibility index (Phi) is 4.14. The molecule has 1 fully saturated rings. The van der Waals surface area contributed by atoms with Gasteiger partial charge in [-0.15, -0.1) is 0 Å². The SMILES string of the molecule is COC1CCN(C(=O)c2cc(N)ncc2[N+](=O)[O-])CC1. The lowest BCUT2D eigenvalue weighted by atomic mass is 10.1. The van der Waals surface area contributed by atoms with E-state index in [9.17, 15) is 14.9 Å². The van der Waals surface area contributed by atoms with E-state index in [2.05, 4.69) is 4.98 Å². The Hall–Kier alpha value is -2.22. The molecule has 20 heavy (non-hydrogen) atoms. The van der Waals surface area contributed by atoms with Crippen molar-refractivity contribution in [1.29, 1.82) is 0 Å². The van der Waals surface area contributed by atoms with Gasteiger partial charge in [-0.1, -0.05) is 0 Å². The fraction of sp³-hybridized carbons (Fsp3) is 0.500. The summed E-state index contributed by atoms with van der Waals surface area (Å²) in [6, 6.07) is 1.25. The van der Waals surface area contributed by atoms with Crippen molar-refractivity contribution in [2.24, 2.45) is 0 Å². The standard InChI is InChI=1S/C12H16N4O4/c1-20-8-2-4-15(5-3-8)12(17)9-6-11(13)14-7-10(9)16(18)19/h6-8H,2-5H2,1H3,(H2,13,14). The van der Waals surface area contributed by atoms with Crippen molar-refractivity contribution in [2.75, 3.05) is 25.9 Å². The van der Waals surface area contributed by atoms with Crippen LogP contribution in [-0.4, -0.2) is 47.0 Å². The number of hydrogen-bond donors (Lipinski definition) is 1. The smallest absolute Gasteiger partial charge is 0.300 e. The number of rotatable bonds is 3. The van der Waals surface area contributed by atoms with Crippen LogP contribution in [0.3, 0.4) is 0 Å². The summed E-state index contributed by atoms with van der Waals surface area (Å²) in [5, 5.41) is 11.0. The summed E-state index contributed by atoms with van der Waals surface area (Å²) in [5.41, 5.74) is 5.18. The minimum atomic E-state index is -0.623. The number of likely N-dealkylation sites (tertiary alicyclic amines) is 1. The van der Waals surface area contributed by atoms with E-state index >= 15 is 0 Å². The van der Waals surface area contributed by atoms with Crippen molar-refractivity contribution in [3.8, 4) is 0 Å². The number of amides is 1. The van der Waals surface area contributed by atoms with Crippen LogP contribution in [-0.2, 0) is 4.74 Å². The lowest BCUT2D eigenvalue weighted by Crippen LogP contribution is -2.40. The van der Waals surface area contributed by atoms with Gasteiger partial charge in [-0.3, -0.25) is 14.9 Å². The Bertz CT molecular complexity index is 526. The molecule has 1 aliphatic heterocycles. The number of ether oxygens (including phenoxy) is 1. The number of hydrogen-bond acceptors (Lipinski definition) is 6. The van der Waals surface area contributed by atoms with Crippen molar-refractivity contribution in [2.45, 2.75) is 18.9 Å². The van der Waals surface area contributed by atoms with Crippen LogP contribution in [0.5, 0.6) is 0 Å². The highest BCUT2D eigenvalue weighted by atomic mass is 16.6. The molecular weight excluding hydrogens is 264 g/mol. The summed E-state index contributed by atoms with van der Waals surface area (Å²) in [7, 11) is 1.64. The number of nitrogens with zero attached hydrogens (tertiary/aromatic N) is 3. The van der Waals surface area contributed by atoms with E-state index in [1.54, 1.807) is 12.0 Å². The average molecular weight is 280 g/mol. The number of carbonyl (C=O) groups is 1. The van der Waals surface area contributed by atoms with E-state index in [1.807, 2.05) is 0 Å². The Balaban J connectivity index is 2.21. The first-order chi connectivity index (χ1) is 9.52. The molecule has 0 radical (unpaired) electrons. The van der Waals surface area contributed by atoms with Crippen LogP contribution < -0.4 is 5.73 Å². The van der Waals surface area contributed by atoms with Crippen LogP contribution in [0, 0.1) is 10.1 Å². The molecule has 0 spiro atoms. The van der Waals surface area contributed by atoms with Crippen molar-refractivity contribution >= 4 is 17.4 Å². The molecule has 1 amide bonds. The van der Waals surface area contributed by atoms with Crippen molar-refractivity contribution in [3.63, 3.8) is 0 Å². The van der Waals surface area contributed by atoms with Gasteiger partial charge in [0.25, 0.3) is 11.6 Å². The van der Waals surface area contributed by atoms with Gasteiger partial charge in [0.1, 0.15) is 17.6 Å². The van der Waals surface area contributed by atoms with Gasteiger partial charge in [0.15, 0.2) is 0 Å². The molecule has 2 heterocycles. The molecule has 8 heteroatoms. The quantitative estimate of drug-likeness (QED) is 0.648. The molecule has 8 nitrogen and oxygen atoms in total. The van der Waals surface area contributed by atoms with Gasteiger partial charge in [0.2, 0.25) is 0 Å². The minimum Gasteiger partial charge on any atom is -0.384 e. The van der Waals surface area contributed by atoms with Gasteiger partial charge in [-0.2, -0.15) is 0 Å². The van der Waals surface area contributed by atoms with Gasteiger partial charge in [-0.05, 0) is 18.9 Å². The first-order valence-corrected chi connectivity index (χ1v) is 6.25. The maximum absolute atomic E-state index is 12.4. The minimum absolute atomic E-state index is 0.0154. The molecule has 108 valence electrons. The topological polar surface area (TPSA) is 112 Å². The monoisotopic (exact) mass is 280 g/mol. The highest BCUT2D eigenvalue weighted by molar-refractivity contribution is 5.98. The number of pyridine rings is 1. The zero-order valence-electron chi connectivity index (χ0n) is 11.1. The number of nitrogen functional groups attached to an aromatic ring is 1. The Morgan fingerprint density at radius 2 is 2.20 bits per heavy atom. The van der Waals surface area contributed by atoms with Gasteiger partial charge >= 0.3 is 0 Å². The van der Waals surface area contributed by atoms with Crippen molar-refractivity contribution < 1.29 is 14.5 Å². The maximum atomic E-state index is 12.4. The van der Waals surface area contributed by atoms with Crippen LogP contribution in [0.2, 0.25) is 0 Å². The van der Waals surface area contributed by atoms with E-state index in [0.29, 0.717) is 13.1 Å².